The summed E-state index contributed by atoms with van der Waals surface area (Å²) >= 11 is 0. The predicted molar refractivity (Wildman–Crippen MR) is 132 cm³/mol. The van der Waals surface area contributed by atoms with Gasteiger partial charge in [-0.25, -0.2) is 13.4 Å². The SMILES string of the molecule is CCOc1ccc(N(CC(=O)NCCCn2ccnc2)S(=O)(=O)c2ccc(OC)c(OC)c2)cc1. The van der Waals surface area contributed by atoms with E-state index in [1.807, 2.05) is 17.7 Å². The summed E-state index contributed by atoms with van der Waals surface area (Å²) in [7, 11) is -1.22. The molecular weight excluding hydrogens is 472 g/mol. The number of methoxy groups -OCH3 is 2. The number of amides is 1. The molecule has 1 heterocycles. The third kappa shape index (κ3) is 6.66. The third-order valence-corrected chi connectivity index (χ3v) is 6.91. The summed E-state index contributed by atoms with van der Waals surface area (Å²) in [5, 5.41) is 2.79. The Morgan fingerprint density at radius 3 is 2.46 bits per heavy atom. The zero-order chi connectivity index (χ0) is 25.3. The third-order valence-electron chi connectivity index (χ3n) is 5.14. The van der Waals surface area contributed by atoms with Crippen LogP contribution in [-0.2, 0) is 21.4 Å². The first-order valence-corrected chi connectivity index (χ1v) is 12.5. The van der Waals surface area contributed by atoms with E-state index >= 15 is 0 Å². The molecule has 188 valence electrons. The molecule has 1 amide bonds. The predicted octanol–water partition coefficient (Wildman–Crippen LogP) is 2.70. The highest BCUT2D eigenvalue weighted by Crippen LogP contribution is 2.32. The second kappa shape index (κ2) is 12.1. The first-order valence-electron chi connectivity index (χ1n) is 11.1. The van der Waals surface area contributed by atoms with Gasteiger partial charge in [0.05, 0.1) is 37.7 Å². The van der Waals surface area contributed by atoms with Crippen LogP contribution in [0.4, 0.5) is 5.69 Å². The minimum atomic E-state index is -4.11. The molecular formula is C24H30N4O6S. The lowest BCUT2D eigenvalue weighted by molar-refractivity contribution is -0.119. The van der Waals surface area contributed by atoms with Crippen LogP contribution in [0.3, 0.4) is 0 Å². The largest absolute Gasteiger partial charge is 0.494 e. The van der Waals surface area contributed by atoms with Gasteiger partial charge in [-0.3, -0.25) is 9.10 Å². The molecule has 3 rings (SSSR count). The number of carbonyl (C=O) groups excluding carboxylic acids is 1. The molecule has 0 saturated heterocycles. The lowest BCUT2D eigenvalue weighted by Gasteiger charge is -2.24. The Kier molecular flexibility index (Phi) is 8.96. The minimum Gasteiger partial charge on any atom is -0.494 e. The fraction of sp³-hybridized carbons (Fsp3) is 0.333. The van der Waals surface area contributed by atoms with Crippen LogP contribution >= 0.6 is 0 Å². The van der Waals surface area contributed by atoms with Crippen molar-refractivity contribution in [2.75, 3.05) is 38.2 Å². The summed E-state index contributed by atoms with van der Waals surface area (Å²) < 4.78 is 46.2. The summed E-state index contributed by atoms with van der Waals surface area (Å²) in [5.41, 5.74) is 0.330. The zero-order valence-corrected chi connectivity index (χ0v) is 20.8. The number of sulfonamides is 1. The molecule has 0 spiro atoms. The fourth-order valence-corrected chi connectivity index (χ4v) is 4.83. The van der Waals surface area contributed by atoms with E-state index in [1.165, 1.54) is 32.4 Å². The topological polar surface area (TPSA) is 112 Å². The lowest BCUT2D eigenvalue weighted by Crippen LogP contribution is -2.41. The fourth-order valence-electron chi connectivity index (χ4n) is 3.39. The average molecular weight is 503 g/mol. The van der Waals surface area contributed by atoms with E-state index in [0.29, 0.717) is 43.3 Å². The molecule has 0 saturated carbocycles. The minimum absolute atomic E-state index is 0.0306. The van der Waals surface area contributed by atoms with Gasteiger partial charge in [0.15, 0.2) is 11.5 Å². The highest BCUT2D eigenvalue weighted by Gasteiger charge is 2.28. The number of rotatable bonds is 13. The summed E-state index contributed by atoms with van der Waals surface area (Å²) in [6.45, 7) is 3.03. The zero-order valence-electron chi connectivity index (χ0n) is 20.0. The lowest BCUT2D eigenvalue weighted by atomic mass is 10.3. The van der Waals surface area contributed by atoms with Crippen molar-refractivity contribution in [2.45, 2.75) is 24.8 Å². The number of aromatic nitrogens is 2. The molecule has 0 aliphatic carbocycles. The molecule has 0 aliphatic rings. The van der Waals surface area contributed by atoms with Crippen LogP contribution in [0.5, 0.6) is 17.2 Å². The second-order valence-corrected chi connectivity index (χ2v) is 9.32. The van der Waals surface area contributed by atoms with E-state index in [4.69, 9.17) is 14.2 Å². The van der Waals surface area contributed by atoms with Crippen LogP contribution < -0.4 is 23.8 Å². The molecule has 2 aromatic carbocycles. The molecule has 1 N–H and O–H groups in total. The van der Waals surface area contributed by atoms with Gasteiger partial charge in [0.2, 0.25) is 5.91 Å². The summed E-state index contributed by atoms with van der Waals surface area (Å²) in [5.74, 6) is 0.844. The van der Waals surface area contributed by atoms with Crippen molar-refractivity contribution in [3.63, 3.8) is 0 Å². The van der Waals surface area contributed by atoms with Crippen molar-refractivity contribution < 1.29 is 27.4 Å². The Morgan fingerprint density at radius 2 is 1.83 bits per heavy atom. The summed E-state index contributed by atoms with van der Waals surface area (Å²) in [6.07, 6.45) is 5.90. The smallest absolute Gasteiger partial charge is 0.264 e. The number of nitrogens with zero attached hydrogens (tertiary/aromatic N) is 3. The van der Waals surface area contributed by atoms with Gasteiger partial charge in [-0.1, -0.05) is 0 Å². The van der Waals surface area contributed by atoms with Crippen LogP contribution in [0.15, 0.2) is 66.1 Å². The van der Waals surface area contributed by atoms with Crippen molar-refractivity contribution in [1.29, 1.82) is 0 Å². The molecule has 0 atom stereocenters. The Morgan fingerprint density at radius 1 is 1.09 bits per heavy atom. The van der Waals surface area contributed by atoms with E-state index in [1.54, 1.807) is 36.8 Å². The van der Waals surface area contributed by atoms with Gasteiger partial charge in [0.1, 0.15) is 12.3 Å². The Balaban J connectivity index is 1.82. The van der Waals surface area contributed by atoms with Gasteiger partial charge < -0.3 is 24.1 Å². The summed E-state index contributed by atoms with van der Waals surface area (Å²) in [4.78, 5) is 16.7. The van der Waals surface area contributed by atoms with Crippen LogP contribution in [0.2, 0.25) is 0 Å². The molecule has 11 heteroatoms. The molecule has 0 radical (unpaired) electrons. The van der Waals surface area contributed by atoms with Crippen molar-refractivity contribution in [3.8, 4) is 17.2 Å². The number of ether oxygens (including phenoxy) is 3. The van der Waals surface area contributed by atoms with Gasteiger partial charge in [-0.05, 0) is 49.7 Å². The number of anilines is 1. The Bertz CT molecular complexity index is 1200. The van der Waals surface area contributed by atoms with E-state index < -0.39 is 22.5 Å². The van der Waals surface area contributed by atoms with E-state index in [0.717, 1.165) is 4.31 Å². The monoisotopic (exact) mass is 502 g/mol. The quantitative estimate of drug-likeness (QED) is 0.358. The maximum Gasteiger partial charge on any atom is 0.264 e. The first-order chi connectivity index (χ1) is 16.9. The van der Waals surface area contributed by atoms with E-state index in [-0.39, 0.29) is 10.6 Å². The summed E-state index contributed by atoms with van der Waals surface area (Å²) in [6, 6.07) is 10.8. The van der Waals surface area contributed by atoms with Crippen molar-refractivity contribution in [3.05, 3.63) is 61.2 Å². The molecule has 10 nitrogen and oxygen atoms in total. The maximum atomic E-state index is 13.6. The Labute approximate surface area is 205 Å². The number of nitrogens with one attached hydrogen (secondary N) is 1. The number of benzene rings is 2. The normalized spacial score (nSPS) is 11.1. The number of hydrogen-bond donors (Lipinski definition) is 1. The van der Waals surface area contributed by atoms with Crippen LogP contribution in [0.1, 0.15) is 13.3 Å². The van der Waals surface area contributed by atoms with Crippen LogP contribution in [0, 0.1) is 0 Å². The highest BCUT2D eigenvalue weighted by molar-refractivity contribution is 7.92. The van der Waals surface area contributed by atoms with E-state index in [2.05, 4.69) is 10.3 Å². The molecule has 3 aromatic rings. The average Bonchev–Trinajstić information content (AvgIpc) is 3.39. The number of imidazole rings is 1. The molecule has 0 aliphatic heterocycles. The van der Waals surface area contributed by atoms with Crippen molar-refractivity contribution >= 4 is 21.6 Å². The first kappa shape index (κ1) is 25.9. The number of carbonyl (C=O) groups is 1. The van der Waals surface area contributed by atoms with Gasteiger partial charge in [0.25, 0.3) is 10.0 Å². The standard InChI is InChI=1S/C24H30N4O6S/c1-4-34-20-8-6-19(7-9-20)28(17-24(29)26-12-5-14-27-15-13-25-18-27)35(30,31)21-10-11-22(32-2)23(16-21)33-3/h6-11,13,15-16,18H,4-5,12,14,17H2,1-3H3,(H,26,29). The Hall–Kier alpha value is -3.73. The maximum absolute atomic E-state index is 13.6. The highest BCUT2D eigenvalue weighted by atomic mass is 32.2. The number of aryl methyl sites for hydroxylation is 1. The van der Waals surface area contributed by atoms with Crippen LogP contribution in [-0.4, -0.2) is 57.8 Å². The molecule has 0 fully saturated rings. The van der Waals surface area contributed by atoms with Crippen molar-refractivity contribution in [2.24, 2.45) is 0 Å². The molecule has 35 heavy (non-hydrogen) atoms. The molecule has 1 aromatic heterocycles. The van der Waals surface area contributed by atoms with Gasteiger partial charge in [-0.15, -0.1) is 0 Å². The molecule has 0 bridgehead atoms. The van der Waals surface area contributed by atoms with E-state index in [9.17, 15) is 13.2 Å². The van der Waals surface area contributed by atoms with Crippen LogP contribution in [0.25, 0.3) is 0 Å². The van der Waals surface area contributed by atoms with Gasteiger partial charge >= 0.3 is 0 Å². The van der Waals surface area contributed by atoms with Crippen molar-refractivity contribution in [1.82, 2.24) is 14.9 Å². The second-order valence-electron chi connectivity index (χ2n) is 7.46. The number of hydrogen-bond acceptors (Lipinski definition) is 7. The molecule has 0 unspecified atom stereocenters. The van der Waals surface area contributed by atoms with Gasteiger partial charge in [-0.2, -0.15) is 0 Å². The van der Waals surface area contributed by atoms with Gasteiger partial charge in [0, 0.05) is 31.5 Å².